The van der Waals surface area contributed by atoms with E-state index >= 15 is 0 Å². The van der Waals surface area contributed by atoms with Gasteiger partial charge in [0.1, 0.15) is 0 Å². The molecule has 0 fully saturated rings. The number of carbonyl (C=O) groups excluding carboxylic acids is 1. The Morgan fingerprint density at radius 2 is 2.00 bits per heavy atom. The van der Waals surface area contributed by atoms with Gasteiger partial charge < -0.3 is 5.32 Å². The third-order valence-corrected chi connectivity index (χ3v) is 4.27. The highest BCUT2D eigenvalue weighted by molar-refractivity contribution is 9.10. The zero-order valence-corrected chi connectivity index (χ0v) is 13.6. The second-order valence-electron chi connectivity index (χ2n) is 4.25. The van der Waals surface area contributed by atoms with Crippen LogP contribution in [0, 0.1) is 6.92 Å². The average molecular weight is 383 g/mol. The molecule has 0 spiro atoms. The van der Waals surface area contributed by atoms with Crippen LogP contribution < -0.4 is 5.32 Å². The SMILES string of the molecule is Cc1ccc(C(=O)Nc2cccc(CBr)c2)cc1Br. The van der Waals surface area contributed by atoms with Gasteiger partial charge >= 0.3 is 0 Å². The molecule has 98 valence electrons. The molecule has 0 unspecified atom stereocenters. The normalized spacial score (nSPS) is 10.3. The van der Waals surface area contributed by atoms with Crippen LogP contribution in [0.25, 0.3) is 0 Å². The first-order chi connectivity index (χ1) is 9.10. The van der Waals surface area contributed by atoms with Gasteiger partial charge in [0.05, 0.1) is 0 Å². The van der Waals surface area contributed by atoms with Gasteiger partial charge in [0.15, 0.2) is 0 Å². The van der Waals surface area contributed by atoms with E-state index in [-0.39, 0.29) is 5.91 Å². The Labute approximate surface area is 129 Å². The Balaban J connectivity index is 2.18. The summed E-state index contributed by atoms with van der Waals surface area (Å²) >= 11 is 6.84. The molecular weight excluding hydrogens is 370 g/mol. The molecular formula is C15H13Br2NO. The monoisotopic (exact) mass is 381 g/mol. The maximum atomic E-state index is 12.1. The maximum absolute atomic E-state index is 12.1. The minimum Gasteiger partial charge on any atom is -0.322 e. The van der Waals surface area contributed by atoms with Crippen LogP contribution in [-0.2, 0) is 5.33 Å². The first-order valence-electron chi connectivity index (χ1n) is 5.82. The summed E-state index contributed by atoms with van der Waals surface area (Å²) in [7, 11) is 0. The van der Waals surface area contributed by atoms with Gasteiger partial charge in [0.25, 0.3) is 5.91 Å². The molecule has 0 aliphatic rings. The van der Waals surface area contributed by atoms with Gasteiger partial charge in [-0.15, -0.1) is 0 Å². The van der Waals surface area contributed by atoms with Gasteiger partial charge in [-0.05, 0) is 42.3 Å². The van der Waals surface area contributed by atoms with Crippen LogP contribution >= 0.6 is 31.9 Å². The lowest BCUT2D eigenvalue weighted by atomic mass is 10.1. The molecule has 0 aliphatic heterocycles. The quantitative estimate of drug-likeness (QED) is 0.751. The topological polar surface area (TPSA) is 29.1 Å². The number of alkyl halides is 1. The lowest BCUT2D eigenvalue weighted by molar-refractivity contribution is 0.102. The fourth-order valence-corrected chi connectivity index (χ4v) is 2.40. The summed E-state index contributed by atoms with van der Waals surface area (Å²) in [5, 5.41) is 3.67. The Morgan fingerprint density at radius 3 is 2.68 bits per heavy atom. The predicted octanol–water partition coefficient (Wildman–Crippen LogP) is 4.90. The molecule has 4 heteroatoms. The van der Waals surface area contributed by atoms with Gasteiger partial charge in [-0.1, -0.05) is 50.1 Å². The number of amides is 1. The number of aryl methyl sites for hydroxylation is 1. The van der Waals surface area contributed by atoms with Crippen molar-refractivity contribution in [2.45, 2.75) is 12.3 Å². The second-order valence-corrected chi connectivity index (χ2v) is 5.67. The van der Waals surface area contributed by atoms with E-state index in [2.05, 4.69) is 37.2 Å². The molecule has 0 radical (unpaired) electrons. The Hall–Kier alpha value is -1.13. The molecule has 0 heterocycles. The molecule has 0 saturated heterocycles. The predicted molar refractivity (Wildman–Crippen MR) is 85.9 cm³/mol. The summed E-state index contributed by atoms with van der Waals surface area (Å²) in [6.45, 7) is 1.99. The number of hydrogen-bond acceptors (Lipinski definition) is 1. The van der Waals surface area contributed by atoms with E-state index in [1.54, 1.807) is 0 Å². The minimum atomic E-state index is -0.104. The van der Waals surface area contributed by atoms with Crippen molar-refractivity contribution in [1.29, 1.82) is 0 Å². The van der Waals surface area contributed by atoms with Crippen molar-refractivity contribution >= 4 is 43.5 Å². The molecule has 1 N–H and O–H groups in total. The van der Waals surface area contributed by atoms with Crippen molar-refractivity contribution in [3.8, 4) is 0 Å². The first-order valence-corrected chi connectivity index (χ1v) is 7.74. The molecule has 0 aromatic heterocycles. The third-order valence-electron chi connectivity index (χ3n) is 2.77. The highest BCUT2D eigenvalue weighted by atomic mass is 79.9. The van der Waals surface area contributed by atoms with Gasteiger partial charge in [-0.25, -0.2) is 0 Å². The summed E-state index contributed by atoms with van der Waals surface area (Å²) in [5.74, 6) is -0.104. The lowest BCUT2D eigenvalue weighted by Gasteiger charge is -2.07. The van der Waals surface area contributed by atoms with Crippen LogP contribution in [0.15, 0.2) is 46.9 Å². The molecule has 2 nitrogen and oxygen atoms in total. The standard InChI is InChI=1S/C15H13Br2NO/c1-10-5-6-12(8-14(10)17)15(19)18-13-4-2-3-11(7-13)9-16/h2-8H,9H2,1H3,(H,18,19). The van der Waals surface area contributed by atoms with E-state index in [1.165, 1.54) is 0 Å². The fraction of sp³-hybridized carbons (Fsp3) is 0.133. The fourth-order valence-electron chi connectivity index (χ4n) is 1.67. The van der Waals surface area contributed by atoms with Crippen molar-refractivity contribution in [2.75, 3.05) is 5.32 Å². The van der Waals surface area contributed by atoms with Gasteiger partial charge in [0.2, 0.25) is 0 Å². The van der Waals surface area contributed by atoms with Crippen LogP contribution in [0.3, 0.4) is 0 Å². The summed E-state index contributed by atoms with van der Waals surface area (Å²) in [5.41, 5.74) is 3.68. The number of anilines is 1. The van der Waals surface area contributed by atoms with E-state index in [9.17, 15) is 4.79 Å². The first kappa shape index (κ1) is 14.3. The zero-order valence-electron chi connectivity index (χ0n) is 10.4. The summed E-state index contributed by atoms with van der Waals surface area (Å²) < 4.78 is 0.939. The number of hydrogen-bond donors (Lipinski definition) is 1. The van der Waals surface area contributed by atoms with Gasteiger partial charge in [0, 0.05) is 21.1 Å². The van der Waals surface area contributed by atoms with Crippen molar-refractivity contribution in [3.63, 3.8) is 0 Å². The van der Waals surface area contributed by atoms with E-state index < -0.39 is 0 Å². The Kier molecular flexibility index (Phi) is 4.77. The molecule has 19 heavy (non-hydrogen) atoms. The molecule has 0 atom stereocenters. The summed E-state index contributed by atoms with van der Waals surface area (Å²) in [6, 6.07) is 13.4. The molecule has 0 bridgehead atoms. The number of nitrogens with one attached hydrogen (secondary N) is 1. The highest BCUT2D eigenvalue weighted by Crippen LogP contribution is 2.19. The second kappa shape index (κ2) is 6.35. The van der Waals surface area contributed by atoms with Crippen LogP contribution in [0.4, 0.5) is 5.69 Å². The third kappa shape index (κ3) is 3.67. The maximum Gasteiger partial charge on any atom is 0.255 e. The number of halogens is 2. The van der Waals surface area contributed by atoms with E-state index in [0.29, 0.717) is 5.56 Å². The number of carbonyl (C=O) groups is 1. The number of benzene rings is 2. The smallest absolute Gasteiger partial charge is 0.255 e. The van der Waals surface area contributed by atoms with Gasteiger partial charge in [-0.3, -0.25) is 4.79 Å². The molecule has 2 rings (SSSR count). The van der Waals surface area contributed by atoms with Crippen LogP contribution in [0.5, 0.6) is 0 Å². The van der Waals surface area contributed by atoms with Crippen molar-refractivity contribution in [1.82, 2.24) is 0 Å². The molecule has 0 aliphatic carbocycles. The summed E-state index contributed by atoms with van der Waals surface area (Å²) in [4.78, 5) is 12.1. The van der Waals surface area contributed by atoms with Gasteiger partial charge in [-0.2, -0.15) is 0 Å². The highest BCUT2D eigenvalue weighted by Gasteiger charge is 2.07. The molecule has 2 aromatic carbocycles. The van der Waals surface area contributed by atoms with E-state index in [4.69, 9.17) is 0 Å². The Morgan fingerprint density at radius 1 is 1.21 bits per heavy atom. The van der Waals surface area contributed by atoms with Crippen LogP contribution in [0.2, 0.25) is 0 Å². The summed E-state index contributed by atoms with van der Waals surface area (Å²) in [6.07, 6.45) is 0. The number of rotatable bonds is 3. The van der Waals surface area contributed by atoms with Crippen molar-refractivity contribution in [2.24, 2.45) is 0 Å². The van der Waals surface area contributed by atoms with E-state index in [1.807, 2.05) is 49.4 Å². The van der Waals surface area contributed by atoms with Crippen LogP contribution in [0.1, 0.15) is 21.5 Å². The minimum absolute atomic E-state index is 0.104. The molecule has 1 amide bonds. The molecule has 0 saturated carbocycles. The lowest BCUT2D eigenvalue weighted by Crippen LogP contribution is -2.12. The largest absolute Gasteiger partial charge is 0.322 e. The van der Waals surface area contributed by atoms with E-state index in [0.717, 1.165) is 26.6 Å². The molecule has 2 aromatic rings. The van der Waals surface area contributed by atoms with Crippen molar-refractivity contribution < 1.29 is 4.79 Å². The average Bonchev–Trinajstić information content (AvgIpc) is 2.42. The Bertz CT molecular complexity index is 611. The zero-order chi connectivity index (χ0) is 13.8. The van der Waals surface area contributed by atoms with Crippen LogP contribution in [-0.4, -0.2) is 5.91 Å². The van der Waals surface area contributed by atoms with Crippen molar-refractivity contribution in [3.05, 3.63) is 63.6 Å².